The van der Waals surface area contributed by atoms with Crippen LogP contribution in [-0.2, 0) is 17.8 Å². The van der Waals surface area contributed by atoms with Gasteiger partial charge in [0.1, 0.15) is 15.8 Å². The fourth-order valence-electron chi connectivity index (χ4n) is 3.92. The standard InChI is InChI=1S/C25H24ClN3O2S2/c1-25(2,31-16-10-8-15(26)9-11-16)24(30)28-23-21(17-12-13-29(3)14-20(17)33-23)22-27-18-6-4-5-7-19(18)32-22/h4-11H,12-14H2,1-3H3,(H,28,30). The molecule has 0 bridgehead atoms. The quantitative estimate of drug-likeness (QED) is 0.343. The van der Waals surface area contributed by atoms with E-state index in [0.29, 0.717) is 10.8 Å². The third-order valence-electron chi connectivity index (χ3n) is 5.72. The molecule has 0 aliphatic carbocycles. The van der Waals surface area contributed by atoms with Gasteiger partial charge in [-0.1, -0.05) is 23.7 Å². The second-order valence-corrected chi connectivity index (χ2v) is 11.3. The highest BCUT2D eigenvalue weighted by Crippen LogP contribution is 2.45. The Kier molecular flexibility index (Phi) is 5.91. The van der Waals surface area contributed by atoms with Crippen LogP contribution >= 0.6 is 34.3 Å². The Balaban J connectivity index is 1.49. The lowest BCUT2D eigenvalue weighted by atomic mass is 10.0. The number of aromatic nitrogens is 1. The number of halogens is 1. The van der Waals surface area contributed by atoms with Crippen LogP contribution in [-0.4, -0.2) is 35.0 Å². The number of hydrogen-bond acceptors (Lipinski definition) is 6. The number of amides is 1. The van der Waals surface area contributed by atoms with Crippen molar-refractivity contribution in [2.24, 2.45) is 0 Å². The molecule has 8 heteroatoms. The van der Waals surface area contributed by atoms with Gasteiger partial charge in [0.25, 0.3) is 5.91 Å². The number of para-hydroxylation sites is 1. The van der Waals surface area contributed by atoms with Gasteiger partial charge in [0.05, 0.1) is 10.2 Å². The fourth-order valence-corrected chi connectivity index (χ4v) is 6.48. The molecule has 0 spiro atoms. The van der Waals surface area contributed by atoms with E-state index in [0.717, 1.165) is 45.3 Å². The molecule has 0 saturated heterocycles. The molecule has 33 heavy (non-hydrogen) atoms. The van der Waals surface area contributed by atoms with Gasteiger partial charge in [0.2, 0.25) is 0 Å². The van der Waals surface area contributed by atoms with Crippen LogP contribution < -0.4 is 10.1 Å². The van der Waals surface area contributed by atoms with Crippen molar-refractivity contribution in [1.82, 2.24) is 9.88 Å². The minimum Gasteiger partial charge on any atom is -0.478 e. The van der Waals surface area contributed by atoms with Gasteiger partial charge in [-0.15, -0.1) is 22.7 Å². The van der Waals surface area contributed by atoms with E-state index in [-0.39, 0.29) is 5.91 Å². The first-order chi connectivity index (χ1) is 15.8. The van der Waals surface area contributed by atoms with E-state index in [9.17, 15) is 4.79 Å². The number of thiophene rings is 1. The van der Waals surface area contributed by atoms with Gasteiger partial charge in [-0.2, -0.15) is 0 Å². The molecule has 3 heterocycles. The van der Waals surface area contributed by atoms with E-state index in [1.54, 1.807) is 60.8 Å². The van der Waals surface area contributed by atoms with E-state index in [1.165, 1.54) is 10.4 Å². The van der Waals surface area contributed by atoms with E-state index in [2.05, 4.69) is 23.3 Å². The first-order valence-electron chi connectivity index (χ1n) is 10.8. The molecule has 1 aliphatic heterocycles. The Morgan fingerprint density at radius 3 is 2.67 bits per heavy atom. The number of likely N-dealkylation sites (N-methyl/N-ethyl adjacent to an activating group) is 1. The summed E-state index contributed by atoms with van der Waals surface area (Å²) in [4.78, 5) is 21.8. The van der Waals surface area contributed by atoms with Crippen LogP contribution in [0, 0.1) is 0 Å². The van der Waals surface area contributed by atoms with Crippen LogP contribution in [0.5, 0.6) is 5.75 Å². The van der Waals surface area contributed by atoms with E-state index in [4.69, 9.17) is 21.3 Å². The first-order valence-corrected chi connectivity index (χ1v) is 12.8. The average Bonchev–Trinajstić information content (AvgIpc) is 3.35. The lowest BCUT2D eigenvalue weighted by molar-refractivity contribution is -0.128. The number of nitrogens with zero attached hydrogens (tertiary/aromatic N) is 2. The molecule has 0 atom stereocenters. The molecule has 4 aromatic rings. The number of rotatable bonds is 5. The van der Waals surface area contributed by atoms with Gasteiger partial charge in [-0.25, -0.2) is 4.98 Å². The molecule has 170 valence electrons. The highest BCUT2D eigenvalue weighted by molar-refractivity contribution is 7.22. The minimum atomic E-state index is -1.07. The number of fused-ring (bicyclic) bond motifs is 2. The maximum absolute atomic E-state index is 13.4. The predicted molar refractivity (Wildman–Crippen MR) is 138 cm³/mol. The van der Waals surface area contributed by atoms with E-state index in [1.807, 2.05) is 18.2 Å². The van der Waals surface area contributed by atoms with Crippen molar-refractivity contribution in [3.8, 4) is 16.3 Å². The maximum atomic E-state index is 13.4. The zero-order valence-corrected chi connectivity index (χ0v) is 21.0. The van der Waals surface area contributed by atoms with Crippen molar-refractivity contribution < 1.29 is 9.53 Å². The summed E-state index contributed by atoms with van der Waals surface area (Å²) in [6.45, 7) is 5.41. The zero-order valence-electron chi connectivity index (χ0n) is 18.6. The highest BCUT2D eigenvalue weighted by Gasteiger charge is 2.33. The van der Waals surface area contributed by atoms with Crippen molar-refractivity contribution in [3.63, 3.8) is 0 Å². The number of ether oxygens (including phenoxy) is 1. The summed E-state index contributed by atoms with van der Waals surface area (Å²) in [5.74, 6) is 0.393. The Morgan fingerprint density at radius 2 is 1.91 bits per heavy atom. The van der Waals surface area contributed by atoms with Crippen LogP contribution in [0.4, 0.5) is 5.00 Å². The molecule has 1 aliphatic rings. The first kappa shape index (κ1) is 22.3. The lowest BCUT2D eigenvalue weighted by Crippen LogP contribution is -2.42. The van der Waals surface area contributed by atoms with Crippen molar-refractivity contribution in [2.45, 2.75) is 32.4 Å². The Hall–Kier alpha value is -2.45. The third kappa shape index (κ3) is 4.51. The molecule has 0 radical (unpaired) electrons. The number of carbonyl (C=O) groups is 1. The largest absolute Gasteiger partial charge is 0.478 e. The monoisotopic (exact) mass is 497 g/mol. The van der Waals surface area contributed by atoms with Crippen molar-refractivity contribution in [2.75, 3.05) is 18.9 Å². The highest BCUT2D eigenvalue weighted by atomic mass is 35.5. The summed E-state index contributed by atoms with van der Waals surface area (Å²) in [6.07, 6.45) is 0.939. The number of anilines is 1. The summed E-state index contributed by atoms with van der Waals surface area (Å²) in [5.41, 5.74) is 2.26. The summed E-state index contributed by atoms with van der Waals surface area (Å²) in [6, 6.07) is 15.2. The molecule has 2 aromatic carbocycles. The second kappa shape index (κ2) is 8.72. The molecule has 1 amide bonds. The van der Waals surface area contributed by atoms with Gasteiger partial charge in [-0.3, -0.25) is 4.79 Å². The average molecular weight is 498 g/mol. The molecular weight excluding hydrogens is 474 g/mol. The predicted octanol–water partition coefficient (Wildman–Crippen LogP) is 6.46. The summed E-state index contributed by atoms with van der Waals surface area (Å²) in [5, 5.41) is 5.59. The van der Waals surface area contributed by atoms with Gasteiger partial charge in [0.15, 0.2) is 5.60 Å². The molecule has 5 nitrogen and oxygen atoms in total. The van der Waals surface area contributed by atoms with Crippen molar-refractivity contribution >= 4 is 55.4 Å². The number of hydrogen-bond donors (Lipinski definition) is 1. The third-order valence-corrected chi connectivity index (χ3v) is 8.15. The number of thiazole rings is 1. The minimum absolute atomic E-state index is 0.202. The van der Waals surface area contributed by atoms with Gasteiger partial charge in [0, 0.05) is 28.6 Å². The Labute approximate surface area is 206 Å². The van der Waals surface area contributed by atoms with Crippen LogP contribution in [0.15, 0.2) is 48.5 Å². The van der Waals surface area contributed by atoms with Crippen LogP contribution in [0.2, 0.25) is 5.02 Å². The Morgan fingerprint density at radius 1 is 1.15 bits per heavy atom. The number of nitrogens with one attached hydrogen (secondary N) is 1. The fraction of sp³-hybridized carbons (Fsp3) is 0.280. The normalized spacial score (nSPS) is 14.3. The van der Waals surface area contributed by atoms with Crippen molar-refractivity contribution in [1.29, 1.82) is 0 Å². The van der Waals surface area contributed by atoms with Crippen molar-refractivity contribution in [3.05, 3.63) is 64.0 Å². The molecule has 2 aromatic heterocycles. The van der Waals surface area contributed by atoms with E-state index < -0.39 is 5.60 Å². The van der Waals surface area contributed by atoms with Gasteiger partial charge < -0.3 is 15.0 Å². The van der Waals surface area contributed by atoms with Gasteiger partial charge in [-0.05, 0) is 69.3 Å². The topological polar surface area (TPSA) is 54.5 Å². The molecule has 0 fully saturated rings. The van der Waals surface area contributed by atoms with E-state index >= 15 is 0 Å². The molecular formula is C25H24ClN3O2S2. The Bertz CT molecular complexity index is 1290. The smallest absolute Gasteiger partial charge is 0.268 e. The molecule has 5 rings (SSSR count). The SMILES string of the molecule is CN1CCc2c(sc(NC(=O)C(C)(C)Oc3ccc(Cl)cc3)c2-c2nc3ccccc3s2)C1. The summed E-state index contributed by atoms with van der Waals surface area (Å²) in [7, 11) is 2.13. The van der Waals surface area contributed by atoms with Crippen LogP contribution in [0.25, 0.3) is 20.8 Å². The zero-order chi connectivity index (χ0) is 23.2. The van der Waals surface area contributed by atoms with Crippen LogP contribution in [0.1, 0.15) is 24.3 Å². The lowest BCUT2D eigenvalue weighted by Gasteiger charge is -2.25. The summed E-state index contributed by atoms with van der Waals surface area (Å²) >= 11 is 9.29. The number of benzene rings is 2. The molecule has 1 N–H and O–H groups in total. The van der Waals surface area contributed by atoms with Crippen LogP contribution in [0.3, 0.4) is 0 Å². The molecule has 0 unspecified atom stereocenters. The second-order valence-electron chi connectivity index (χ2n) is 8.70. The maximum Gasteiger partial charge on any atom is 0.268 e. The molecule has 0 saturated carbocycles. The van der Waals surface area contributed by atoms with Gasteiger partial charge >= 0.3 is 0 Å². The number of carbonyl (C=O) groups excluding carboxylic acids is 1. The summed E-state index contributed by atoms with van der Waals surface area (Å²) < 4.78 is 7.16.